The summed E-state index contributed by atoms with van der Waals surface area (Å²) in [5, 5.41) is 4.75. The zero-order valence-corrected chi connectivity index (χ0v) is 19.0. The Morgan fingerprint density at radius 1 is 1.16 bits per heavy atom. The van der Waals surface area contributed by atoms with Crippen molar-refractivity contribution in [2.75, 3.05) is 11.2 Å². The average molecular weight is 469 g/mol. The number of carbonyl (C=O) groups is 1. The smallest absolute Gasteiger partial charge is 0.284 e. The Morgan fingerprint density at radius 3 is 2.62 bits per heavy atom. The molecule has 0 aliphatic rings. The molecule has 0 fully saturated rings. The number of nitrogens with zero attached hydrogens (tertiary/aromatic N) is 5. The SMILES string of the molecule is Cc1sc(N(Cc2ccccc2)c2cccc(-n3cncn3)c2)nc1C(=O)NS(C)(=O)=O. The number of hydrogen-bond donors (Lipinski definition) is 1. The second kappa shape index (κ2) is 8.89. The van der Waals surface area contributed by atoms with Gasteiger partial charge in [-0.1, -0.05) is 36.4 Å². The first-order valence-electron chi connectivity index (χ1n) is 9.56. The Bertz CT molecular complexity index is 1340. The van der Waals surface area contributed by atoms with Crippen LogP contribution in [0.2, 0.25) is 0 Å². The van der Waals surface area contributed by atoms with E-state index in [1.165, 1.54) is 17.7 Å². The van der Waals surface area contributed by atoms with E-state index in [9.17, 15) is 13.2 Å². The predicted molar refractivity (Wildman–Crippen MR) is 123 cm³/mol. The summed E-state index contributed by atoms with van der Waals surface area (Å²) in [6.07, 6.45) is 4.01. The molecule has 4 aromatic rings. The Balaban J connectivity index is 1.75. The molecule has 0 saturated carbocycles. The van der Waals surface area contributed by atoms with Crippen molar-refractivity contribution in [1.82, 2.24) is 24.5 Å². The van der Waals surface area contributed by atoms with Crippen LogP contribution < -0.4 is 9.62 Å². The summed E-state index contributed by atoms with van der Waals surface area (Å²) in [4.78, 5) is 23.5. The molecule has 0 aliphatic heterocycles. The van der Waals surface area contributed by atoms with Gasteiger partial charge in [0.2, 0.25) is 10.0 Å². The minimum Gasteiger partial charge on any atom is -0.313 e. The van der Waals surface area contributed by atoms with Crippen molar-refractivity contribution in [3.8, 4) is 5.69 Å². The van der Waals surface area contributed by atoms with Crippen LogP contribution in [0.4, 0.5) is 10.8 Å². The van der Waals surface area contributed by atoms with Gasteiger partial charge in [-0.25, -0.2) is 27.8 Å². The maximum Gasteiger partial charge on any atom is 0.284 e. The Morgan fingerprint density at radius 2 is 1.94 bits per heavy atom. The van der Waals surface area contributed by atoms with Crippen molar-refractivity contribution in [1.29, 1.82) is 0 Å². The van der Waals surface area contributed by atoms with Crippen LogP contribution in [0.25, 0.3) is 5.69 Å². The highest BCUT2D eigenvalue weighted by molar-refractivity contribution is 7.89. The molecule has 0 unspecified atom stereocenters. The summed E-state index contributed by atoms with van der Waals surface area (Å²) in [6, 6.07) is 17.6. The molecule has 2 aromatic carbocycles. The Hall–Kier alpha value is -3.57. The van der Waals surface area contributed by atoms with E-state index in [0.717, 1.165) is 23.2 Å². The normalized spacial score (nSPS) is 11.3. The number of nitrogens with one attached hydrogen (secondary N) is 1. The second-order valence-corrected chi connectivity index (χ2v) is 9.97. The van der Waals surface area contributed by atoms with Crippen LogP contribution in [0, 0.1) is 6.92 Å². The summed E-state index contributed by atoms with van der Waals surface area (Å²) < 4.78 is 26.6. The molecule has 4 rings (SSSR count). The molecule has 0 aliphatic carbocycles. The van der Waals surface area contributed by atoms with E-state index < -0.39 is 15.9 Å². The molecule has 11 heteroatoms. The van der Waals surface area contributed by atoms with E-state index in [2.05, 4.69) is 15.1 Å². The van der Waals surface area contributed by atoms with Crippen LogP contribution in [-0.2, 0) is 16.6 Å². The number of carbonyl (C=O) groups excluding carboxylic acids is 1. The minimum atomic E-state index is -3.69. The van der Waals surface area contributed by atoms with E-state index in [1.807, 2.05) is 64.2 Å². The summed E-state index contributed by atoms with van der Waals surface area (Å²) in [7, 11) is -3.69. The second-order valence-electron chi connectivity index (χ2n) is 7.04. The van der Waals surface area contributed by atoms with E-state index in [-0.39, 0.29) is 5.69 Å². The maximum atomic E-state index is 12.4. The largest absolute Gasteiger partial charge is 0.313 e. The zero-order chi connectivity index (χ0) is 22.7. The summed E-state index contributed by atoms with van der Waals surface area (Å²) in [5.41, 5.74) is 2.79. The lowest BCUT2D eigenvalue weighted by Crippen LogP contribution is -2.30. The van der Waals surface area contributed by atoms with Crippen molar-refractivity contribution in [3.63, 3.8) is 0 Å². The lowest BCUT2D eigenvalue weighted by atomic mass is 10.2. The lowest BCUT2D eigenvalue weighted by molar-refractivity contribution is 0.0977. The molecule has 1 N–H and O–H groups in total. The summed E-state index contributed by atoms with van der Waals surface area (Å²) in [5.74, 6) is -0.747. The third-order valence-corrected chi connectivity index (χ3v) is 6.07. The highest BCUT2D eigenvalue weighted by Gasteiger charge is 2.22. The molecule has 9 nitrogen and oxygen atoms in total. The first-order chi connectivity index (χ1) is 15.3. The van der Waals surface area contributed by atoms with Gasteiger partial charge in [0.15, 0.2) is 5.13 Å². The zero-order valence-electron chi connectivity index (χ0n) is 17.3. The number of hydrogen-bond acceptors (Lipinski definition) is 8. The molecule has 0 radical (unpaired) electrons. The highest BCUT2D eigenvalue weighted by Crippen LogP contribution is 2.34. The molecule has 164 valence electrons. The van der Waals surface area contributed by atoms with Crippen LogP contribution in [-0.4, -0.2) is 40.3 Å². The number of anilines is 2. The topological polar surface area (TPSA) is 110 Å². The Labute approximate surface area is 189 Å². The van der Waals surface area contributed by atoms with E-state index >= 15 is 0 Å². The fourth-order valence-corrected chi connectivity index (χ4v) is 4.47. The van der Waals surface area contributed by atoms with Gasteiger partial charge in [-0.2, -0.15) is 5.10 Å². The fraction of sp³-hybridized carbons (Fsp3) is 0.143. The third-order valence-electron chi connectivity index (χ3n) is 4.52. The van der Waals surface area contributed by atoms with Gasteiger partial charge in [0.05, 0.1) is 18.5 Å². The van der Waals surface area contributed by atoms with Crippen molar-refractivity contribution in [3.05, 3.63) is 83.4 Å². The number of benzene rings is 2. The average Bonchev–Trinajstić information content (AvgIpc) is 3.42. The molecule has 32 heavy (non-hydrogen) atoms. The first-order valence-corrected chi connectivity index (χ1v) is 12.3. The number of sulfonamides is 1. The fourth-order valence-electron chi connectivity index (χ4n) is 3.11. The molecule has 0 saturated heterocycles. The van der Waals surface area contributed by atoms with Crippen molar-refractivity contribution < 1.29 is 13.2 Å². The van der Waals surface area contributed by atoms with Gasteiger partial charge in [-0.3, -0.25) is 4.79 Å². The number of aromatic nitrogens is 4. The van der Waals surface area contributed by atoms with Gasteiger partial charge in [0.25, 0.3) is 5.91 Å². The van der Waals surface area contributed by atoms with Crippen molar-refractivity contribution in [2.24, 2.45) is 0 Å². The standard InChI is InChI=1S/C21H20N6O3S2/c1-15-19(20(28)25-32(2,29)30)24-21(31-15)26(12-16-7-4-3-5-8-16)17-9-6-10-18(11-17)27-14-22-13-23-27/h3-11,13-14H,12H2,1-2H3,(H,25,28). The van der Waals surface area contributed by atoms with Gasteiger partial charge in [0.1, 0.15) is 18.3 Å². The van der Waals surface area contributed by atoms with Crippen LogP contribution in [0.3, 0.4) is 0 Å². The predicted octanol–water partition coefficient (Wildman–Crippen LogP) is 3.06. The van der Waals surface area contributed by atoms with E-state index in [0.29, 0.717) is 16.6 Å². The molecule has 2 aromatic heterocycles. The maximum absolute atomic E-state index is 12.4. The lowest BCUT2D eigenvalue weighted by Gasteiger charge is -2.23. The number of aryl methyl sites for hydroxylation is 1. The Kier molecular flexibility index (Phi) is 6.01. The van der Waals surface area contributed by atoms with Crippen LogP contribution in [0.15, 0.2) is 67.3 Å². The van der Waals surface area contributed by atoms with E-state index in [4.69, 9.17) is 0 Å². The molecular weight excluding hydrogens is 448 g/mol. The molecule has 1 amide bonds. The van der Waals surface area contributed by atoms with Crippen molar-refractivity contribution in [2.45, 2.75) is 13.5 Å². The van der Waals surface area contributed by atoms with Crippen LogP contribution in [0.5, 0.6) is 0 Å². The molecule has 2 heterocycles. The van der Waals surface area contributed by atoms with Gasteiger partial charge >= 0.3 is 0 Å². The molecule has 0 atom stereocenters. The van der Waals surface area contributed by atoms with Gasteiger partial charge in [-0.05, 0) is 30.7 Å². The van der Waals surface area contributed by atoms with Crippen LogP contribution in [0.1, 0.15) is 20.9 Å². The minimum absolute atomic E-state index is 0.0842. The molecular formula is C21H20N6O3S2. The summed E-state index contributed by atoms with van der Waals surface area (Å²) >= 11 is 1.32. The van der Waals surface area contributed by atoms with Crippen LogP contribution >= 0.6 is 11.3 Å². The third kappa shape index (κ3) is 5.01. The number of rotatable bonds is 7. The van der Waals surface area contributed by atoms with Gasteiger partial charge in [0, 0.05) is 10.6 Å². The number of thiazole rings is 1. The van der Waals surface area contributed by atoms with Gasteiger partial charge in [-0.15, -0.1) is 11.3 Å². The first kappa shape index (κ1) is 21.7. The molecule has 0 spiro atoms. The summed E-state index contributed by atoms with van der Waals surface area (Å²) in [6.45, 7) is 2.24. The molecule has 0 bridgehead atoms. The van der Waals surface area contributed by atoms with Crippen molar-refractivity contribution >= 4 is 38.1 Å². The van der Waals surface area contributed by atoms with Gasteiger partial charge < -0.3 is 4.90 Å². The number of amides is 1. The monoisotopic (exact) mass is 468 g/mol. The highest BCUT2D eigenvalue weighted by atomic mass is 32.2. The quantitative estimate of drug-likeness (QED) is 0.444. The van der Waals surface area contributed by atoms with E-state index in [1.54, 1.807) is 17.9 Å².